The first-order chi connectivity index (χ1) is 17.1. The van der Waals surface area contributed by atoms with Gasteiger partial charge in [0.15, 0.2) is 12.3 Å². The number of hydrogen-bond donors (Lipinski definition) is 1. The minimum Gasteiger partial charge on any atom is -0.484 e. The standard InChI is InChI=1S/C26H22FN5O3/c27-21-7-3-4-18(12-21)15-31-17-29-25-23(26(31)34)14-30-32(25)11-10-28-24(33)16-35-22-9-8-19-5-1-2-6-20(19)13-22/h1-9,12-14,17H,10-11,15-16H2,(H,28,33). The molecule has 8 nitrogen and oxygen atoms in total. The predicted molar refractivity (Wildman–Crippen MR) is 130 cm³/mol. The summed E-state index contributed by atoms with van der Waals surface area (Å²) in [4.78, 5) is 29.4. The van der Waals surface area contributed by atoms with Crippen LogP contribution in [0.5, 0.6) is 5.75 Å². The van der Waals surface area contributed by atoms with Gasteiger partial charge in [0.1, 0.15) is 23.3 Å². The first-order valence-corrected chi connectivity index (χ1v) is 11.1. The van der Waals surface area contributed by atoms with Crippen LogP contribution in [0.4, 0.5) is 4.39 Å². The topological polar surface area (TPSA) is 91.0 Å². The molecule has 5 rings (SSSR count). The summed E-state index contributed by atoms with van der Waals surface area (Å²) in [6, 6.07) is 19.7. The van der Waals surface area contributed by atoms with Crippen LogP contribution in [0.15, 0.2) is 84.0 Å². The third-order valence-electron chi connectivity index (χ3n) is 5.60. The second-order valence-electron chi connectivity index (χ2n) is 8.06. The van der Waals surface area contributed by atoms with Crippen LogP contribution in [0.1, 0.15) is 5.56 Å². The number of ether oxygens (including phenoxy) is 1. The lowest BCUT2D eigenvalue weighted by Gasteiger charge is -2.09. The first kappa shape index (κ1) is 22.3. The summed E-state index contributed by atoms with van der Waals surface area (Å²) in [7, 11) is 0. The molecule has 2 aromatic heterocycles. The molecular formula is C26H22FN5O3. The molecule has 176 valence electrons. The lowest BCUT2D eigenvalue weighted by Crippen LogP contribution is -2.31. The second kappa shape index (κ2) is 9.76. The molecule has 5 aromatic rings. The quantitative estimate of drug-likeness (QED) is 0.376. The molecule has 0 bridgehead atoms. The summed E-state index contributed by atoms with van der Waals surface area (Å²) in [6.45, 7) is 0.732. The molecule has 35 heavy (non-hydrogen) atoms. The molecule has 0 aliphatic carbocycles. The molecule has 2 heterocycles. The Morgan fingerprint density at radius 2 is 1.89 bits per heavy atom. The van der Waals surface area contributed by atoms with Crippen molar-refractivity contribution in [2.24, 2.45) is 0 Å². The molecule has 0 atom stereocenters. The largest absolute Gasteiger partial charge is 0.484 e. The highest BCUT2D eigenvalue weighted by atomic mass is 19.1. The third kappa shape index (κ3) is 5.03. The monoisotopic (exact) mass is 471 g/mol. The van der Waals surface area contributed by atoms with E-state index in [2.05, 4.69) is 15.4 Å². The summed E-state index contributed by atoms with van der Waals surface area (Å²) in [5, 5.41) is 9.52. The van der Waals surface area contributed by atoms with E-state index in [9.17, 15) is 14.0 Å². The van der Waals surface area contributed by atoms with Gasteiger partial charge in [0, 0.05) is 6.54 Å². The lowest BCUT2D eigenvalue weighted by molar-refractivity contribution is -0.123. The summed E-state index contributed by atoms with van der Waals surface area (Å²) >= 11 is 0. The number of benzene rings is 3. The van der Waals surface area contributed by atoms with Crippen LogP contribution < -0.4 is 15.6 Å². The lowest BCUT2D eigenvalue weighted by atomic mass is 10.1. The van der Waals surface area contributed by atoms with E-state index in [4.69, 9.17) is 4.74 Å². The fourth-order valence-corrected chi connectivity index (χ4v) is 3.86. The van der Waals surface area contributed by atoms with E-state index in [-0.39, 0.29) is 30.4 Å². The van der Waals surface area contributed by atoms with E-state index >= 15 is 0 Å². The minimum absolute atomic E-state index is 0.110. The highest BCUT2D eigenvalue weighted by Gasteiger charge is 2.11. The maximum atomic E-state index is 13.4. The van der Waals surface area contributed by atoms with Gasteiger partial charge in [0.05, 0.1) is 19.3 Å². The molecular weight excluding hydrogens is 449 g/mol. The average molecular weight is 471 g/mol. The van der Waals surface area contributed by atoms with Gasteiger partial charge < -0.3 is 10.1 Å². The highest BCUT2D eigenvalue weighted by molar-refractivity contribution is 5.84. The minimum atomic E-state index is -0.359. The summed E-state index contributed by atoms with van der Waals surface area (Å²) in [6.07, 6.45) is 2.88. The zero-order valence-electron chi connectivity index (χ0n) is 18.7. The van der Waals surface area contributed by atoms with Crippen LogP contribution in [-0.2, 0) is 17.9 Å². The Kier molecular flexibility index (Phi) is 6.21. The summed E-state index contributed by atoms with van der Waals surface area (Å²) in [5.41, 5.74) is 0.819. The van der Waals surface area contributed by atoms with Crippen molar-refractivity contribution >= 4 is 27.7 Å². The Morgan fingerprint density at radius 3 is 2.74 bits per heavy atom. The highest BCUT2D eigenvalue weighted by Crippen LogP contribution is 2.20. The van der Waals surface area contributed by atoms with E-state index < -0.39 is 0 Å². The maximum absolute atomic E-state index is 13.4. The van der Waals surface area contributed by atoms with E-state index in [1.807, 2.05) is 42.5 Å². The number of nitrogens with zero attached hydrogens (tertiary/aromatic N) is 4. The van der Waals surface area contributed by atoms with Gasteiger partial charge in [0.25, 0.3) is 11.5 Å². The molecule has 3 aromatic carbocycles. The zero-order chi connectivity index (χ0) is 24.2. The van der Waals surface area contributed by atoms with Crippen molar-refractivity contribution in [3.63, 3.8) is 0 Å². The van der Waals surface area contributed by atoms with Crippen LogP contribution >= 0.6 is 0 Å². The van der Waals surface area contributed by atoms with Gasteiger partial charge in [-0.2, -0.15) is 5.10 Å². The predicted octanol–water partition coefficient (Wildman–Crippen LogP) is 3.13. The van der Waals surface area contributed by atoms with Crippen molar-refractivity contribution in [1.82, 2.24) is 24.6 Å². The molecule has 0 aliphatic heterocycles. The normalized spacial score (nSPS) is 11.1. The Bertz CT molecular complexity index is 1580. The van der Waals surface area contributed by atoms with Gasteiger partial charge in [-0.15, -0.1) is 0 Å². The van der Waals surface area contributed by atoms with Crippen molar-refractivity contribution in [2.75, 3.05) is 13.2 Å². The van der Waals surface area contributed by atoms with Crippen molar-refractivity contribution < 1.29 is 13.9 Å². The zero-order valence-corrected chi connectivity index (χ0v) is 18.7. The van der Waals surface area contributed by atoms with Gasteiger partial charge >= 0.3 is 0 Å². The SMILES string of the molecule is O=C(COc1ccc2ccccc2c1)NCCn1ncc2c(=O)n(Cc3cccc(F)c3)cnc21. The molecule has 9 heteroatoms. The van der Waals surface area contributed by atoms with Gasteiger partial charge in [-0.1, -0.05) is 42.5 Å². The van der Waals surface area contributed by atoms with Crippen molar-refractivity contribution in [1.29, 1.82) is 0 Å². The fourth-order valence-electron chi connectivity index (χ4n) is 3.86. The molecule has 1 N–H and O–H groups in total. The molecule has 0 spiro atoms. The molecule has 0 fully saturated rings. The van der Waals surface area contributed by atoms with Crippen LogP contribution in [0.3, 0.4) is 0 Å². The molecule has 0 saturated carbocycles. The van der Waals surface area contributed by atoms with Crippen LogP contribution in [-0.4, -0.2) is 38.4 Å². The number of halogens is 1. The van der Waals surface area contributed by atoms with Crippen LogP contribution in [0.2, 0.25) is 0 Å². The van der Waals surface area contributed by atoms with Gasteiger partial charge in [0.2, 0.25) is 0 Å². The van der Waals surface area contributed by atoms with Gasteiger partial charge in [-0.3, -0.25) is 14.2 Å². The first-order valence-electron chi connectivity index (χ1n) is 11.1. The maximum Gasteiger partial charge on any atom is 0.264 e. The number of nitrogens with one attached hydrogen (secondary N) is 1. The molecule has 1 amide bonds. The Labute approximate surface area is 199 Å². The van der Waals surface area contributed by atoms with Crippen molar-refractivity contribution in [3.8, 4) is 5.75 Å². The van der Waals surface area contributed by atoms with Gasteiger partial charge in [-0.05, 0) is 40.6 Å². The molecule has 0 saturated heterocycles. The Balaban J connectivity index is 1.17. The Hall–Kier alpha value is -4.53. The number of carbonyl (C=O) groups excluding carboxylic acids is 1. The number of amides is 1. The number of carbonyl (C=O) groups is 1. The van der Waals surface area contributed by atoms with Crippen LogP contribution in [0.25, 0.3) is 21.8 Å². The van der Waals surface area contributed by atoms with E-state index in [0.29, 0.717) is 35.4 Å². The summed E-state index contributed by atoms with van der Waals surface area (Å²) in [5.74, 6) is -0.00205. The number of fused-ring (bicyclic) bond motifs is 2. The average Bonchev–Trinajstić information content (AvgIpc) is 3.28. The fraction of sp³-hybridized carbons (Fsp3) is 0.154. The second-order valence-corrected chi connectivity index (χ2v) is 8.06. The van der Waals surface area contributed by atoms with E-state index in [1.54, 1.807) is 16.8 Å². The number of hydrogen-bond acceptors (Lipinski definition) is 5. The Morgan fingerprint density at radius 1 is 1.03 bits per heavy atom. The van der Waals surface area contributed by atoms with Crippen LogP contribution in [0, 0.1) is 5.82 Å². The van der Waals surface area contributed by atoms with Crippen molar-refractivity contribution in [3.05, 3.63) is 101 Å². The number of aromatic nitrogens is 4. The third-order valence-corrected chi connectivity index (χ3v) is 5.60. The molecule has 0 radical (unpaired) electrons. The number of rotatable bonds is 8. The molecule has 0 unspecified atom stereocenters. The van der Waals surface area contributed by atoms with Gasteiger partial charge in [-0.25, -0.2) is 14.1 Å². The van der Waals surface area contributed by atoms with Crippen molar-refractivity contribution in [2.45, 2.75) is 13.1 Å². The molecule has 0 aliphatic rings. The van der Waals surface area contributed by atoms with E-state index in [1.165, 1.54) is 29.2 Å². The summed E-state index contributed by atoms with van der Waals surface area (Å²) < 4.78 is 22.0. The smallest absolute Gasteiger partial charge is 0.264 e. The van der Waals surface area contributed by atoms with E-state index in [0.717, 1.165) is 10.8 Å².